The van der Waals surface area contributed by atoms with Gasteiger partial charge in [0.2, 0.25) is 0 Å². The molecule has 0 aromatic carbocycles. The molecule has 1 aromatic rings. The van der Waals surface area contributed by atoms with Crippen molar-refractivity contribution in [2.45, 2.75) is 25.3 Å². The number of alkyl halides is 1. The zero-order chi connectivity index (χ0) is 9.84. The highest BCUT2D eigenvalue weighted by molar-refractivity contribution is 9.08. The Kier molecular flexibility index (Phi) is 4.00. The van der Waals surface area contributed by atoms with Crippen LogP contribution in [0.15, 0.2) is 12.1 Å². The minimum Gasteiger partial charge on any atom is -0.491 e. The Bertz CT molecular complexity index is 291. The number of pyridine rings is 1. The summed E-state index contributed by atoms with van der Waals surface area (Å²) >= 11 is 9.12. The van der Waals surface area contributed by atoms with Crippen LogP contribution in [0.4, 0.5) is 0 Å². The highest BCUT2D eigenvalue weighted by atomic mass is 79.9. The van der Waals surface area contributed by atoms with Gasteiger partial charge in [0.1, 0.15) is 10.9 Å². The van der Waals surface area contributed by atoms with Gasteiger partial charge in [0.05, 0.1) is 11.8 Å². The van der Waals surface area contributed by atoms with Gasteiger partial charge in [-0.1, -0.05) is 27.5 Å². The van der Waals surface area contributed by atoms with Crippen LogP contribution in [0.25, 0.3) is 0 Å². The number of hydrogen-bond acceptors (Lipinski definition) is 2. The summed E-state index contributed by atoms with van der Waals surface area (Å²) in [6.07, 6.45) is 0.154. The van der Waals surface area contributed by atoms with Crippen LogP contribution >= 0.6 is 27.5 Å². The van der Waals surface area contributed by atoms with E-state index < -0.39 is 0 Å². The summed E-state index contributed by atoms with van der Waals surface area (Å²) in [5.74, 6) is 0.768. The van der Waals surface area contributed by atoms with Crippen LogP contribution in [0.5, 0.6) is 5.75 Å². The maximum atomic E-state index is 5.80. The largest absolute Gasteiger partial charge is 0.491 e. The topological polar surface area (TPSA) is 22.1 Å². The van der Waals surface area contributed by atoms with Crippen LogP contribution in [0, 0.1) is 0 Å². The fourth-order valence-electron chi connectivity index (χ4n) is 0.934. The van der Waals surface area contributed by atoms with Crippen molar-refractivity contribution >= 4 is 27.5 Å². The molecular formula is C9H11BrClNO. The number of hydrogen-bond donors (Lipinski definition) is 0. The van der Waals surface area contributed by atoms with Gasteiger partial charge in [-0.3, -0.25) is 0 Å². The van der Waals surface area contributed by atoms with Gasteiger partial charge < -0.3 is 4.74 Å². The molecule has 0 bridgehead atoms. The van der Waals surface area contributed by atoms with E-state index in [1.165, 1.54) is 0 Å². The molecule has 1 heterocycles. The lowest BCUT2D eigenvalue weighted by molar-refractivity contribution is 0.242. The Morgan fingerprint density at radius 2 is 2.23 bits per heavy atom. The predicted molar refractivity (Wildman–Crippen MR) is 57.6 cm³/mol. The van der Waals surface area contributed by atoms with Gasteiger partial charge in [0.25, 0.3) is 0 Å². The predicted octanol–water partition coefficient (Wildman–Crippen LogP) is 3.42. The van der Waals surface area contributed by atoms with Crippen molar-refractivity contribution in [1.29, 1.82) is 0 Å². The first-order valence-corrected chi connectivity index (χ1v) is 5.51. The number of aromatic nitrogens is 1. The number of rotatable bonds is 3. The summed E-state index contributed by atoms with van der Waals surface area (Å²) in [4.78, 5) is 4.10. The van der Waals surface area contributed by atoms with E-state index in [1.54, 1.807) is 6.07 Å². The molecular weight excluding hydrogens is 253 g/mol. The zero-order valence-electron chi connectivity index (χ0n) is 7.55. The molecule has 4 heteroatoms. The van der Waals surface area contributed by atoms with E-state index in [1.807, 2.05) is 19.9 Å². The molecule has 0 unspecified atom stereocenters. The lowest BCUT2D eigenvalue weighted by Gasteiger charge is -2.10. The normalized spacial score (nSPS) is 10.5. The van der Waals surface area contributed by atoms with Crippen molar-refractivity contribution in [3.8, 4) is 5.75 Å². The van der Waals surface area contributed by atoms with Crippen molar-refractivity contribution in [3.05, 3.63) is 23.0 Å². The summed E-state index contributed by atoms with van der Waals surface area (Å²) in [5.41, 5.74) is 0.878. The molecule has 2 nitrogen and oxygen atoms in total. The second-order valence-corrected chi connectivity index (χ2v) is 3.87. The molecule has 0 saturated carbocycles. The average molecular weight is 265 g/mol. The molecule has 13 heavy (non-hydrogen) atoms. The fourth-order valence-corrected chi connectivity index (χ4v) is 1.44. The first-order valence-electron chi connectivity index (χ1n) is 4.01. The second kappa shape index (κ2) is 4.82. The van der Waals surface area contributed by atoms with Crippen molar-refractivity contribution < 1.29 is 4.74 Å². The van der Waals surface area contributed by atoms with Crippen molar-refractivity contribution in [2.75, 3.05) is 0 Å². The Labute approximate surface area is 91.4 Å². The molecule has 0 aliphatic carbocycles. The monoisotopic (exact) mass is 263 g/mol. The molecule has 0 aliphatic heterocycles. The summed E-state index contributed by atoms with van der Waals surface area (Å²) in [6, 6.07) is 3.59. The number of nitrogens with zero attached hydrogens (tertiary/aromatic N) is 1. The van der Waals surface area contributed by atoms with Gasteiger partial charge in [-0.05, 0) is 13.8 Å². The van der Waals surface area contributed by atoms with E-state index in [0.717, 1.165) is 11.4 Å². The molecule has 72 valence electrons. The quantitative estimate of drug-likeness (QED) is 0.616. The molecule has 0 spiro atoms. The van der Waals surface area contributed by atoms with Crippen molar-refractivity contribution in [3.63, 3.8) is 0 Å². The molecule has 0 N–H and O–H groups in total. The van der Waals surface area contributed by atoms with Crippen LogP contribution in [-0.4, -0.2) is 11.1 Å². The van der Waals surface area contributed by atoms with Crippen LogP contribution in [0.2, 0.25) is 5.15 Å². The molecule has 1 aromatic heterocycles. The van der Waals surface area contributed by atoms with Crippen LogP contribution < -0.4 is 4.74 Å². The van der Waals surface area contributed by atoms with Crippen LogP contribution in [0.3, 0.4) is 0 Å². The maximum Gasteiger partial charge on any atom is 0.133 e. The van der Waals surface area contributed by atoms with E-state index in [0.29, 0.717) is 10.5 Å². The molecule has 0 atom stereocenters. The van der Waals surface area contributed by atoms with Crippen LogP contribution in [0.1, 0.15) is 19.5 Å². The van der Waals surface area contributed by atoms with Gasteiger partial charge in [-0.2, -0.15) is 0 Å². The smallest absolute Gasteiger partial charge is 0.133 e. The second-order valence-electron chi connectivity index (χ2n) is 2.92. The molecule has 0 fully saturated rings. The Hall–Kier alpha value is -0.280. The summed E-state index contributed by atoms with van der Waals surface area (Å²) in [5, 5.41) is 1.15. The Morgan fingerprint density at radius 1 is 1.54 bits per heavy atom. The lowest BCUT2D eigenvalue weighted by atomic mass is 10.3. The van der Waals surface area contributed by atoms with Crippen molar-refractivity contribution in [2.24, 2.45) is 0 Å². The zero-order valence-corrected chi connectivity index (χ0v) is 9.89. The van der Waals surface area contributed by atoms with E-state index in [-0.39, 0.29) is 6.10 Å². The third kappa shape index (κ3) is 3.53. The Morgan fingerprint density at radius 3 is 2.77 bits per heavy atom. The lowest BCUT2D eigenvalue weighted by Crippen LogP contribution is -2.06. The van der Waals surface area contributed by atoms with Crippen LogP contribution in [-0.2, 0) is 5.33 Å². The number of ether oxygens (including phenoxy) is 1. The minimum absolute atomic E-state index is 0.154. The third-order valence-electron chi connectivity index (χ3n) is 1.33. The van der Waals surface area contributed by atoms with E-state index in [9.17, 15) is 0 Å². The first-order chi connectivity index (χ1) is 6.11. The van der Waals surface area contributed by atoms with E-state index in [2.05, 4.69) is 20.9 Å². The highest BCUT2D eigenvalue weighted by Gasteiger charge is 2.02. The van der Waals surface area contributed by atoms with Gasteiger partial charge in [0, 0.05) is 17.5 Å². The van der Waals surface area contributed by atoms with Gasteiger partial charge in [0.15, 0.2) is 0 Å². The molecule has 0 amide bonds. The standard InChI is InChI=1S/C9H11BrClNO/c1-6(2)13-8-3-7(5-10)12-9(11)4-8/h3-4,6H,5H2,1-2H3. The molecule has 0 radical (unpaired) electrons. The van der Waals surface area contributed by atoms with E-state index >= 15 is 0 Å². The molecule has 0 aliphatic rings. The highest BCUT2D eigenvalue weighted by Crippen LogP contribution is 2.20. The summed E-state index contributed by atoms with van der Waals surface area (Å²) in [6.45, 7) is 3.95. The van der Waals surface area contributed by atoms with E-state index in [4.69, 9.17) is 16.3 Å². The summed E-state index contributed by atoms with van der Waals surface area (Å²) in [7, 11) is 0. The fraction of sp³-hybridized carbons (Fsp3) is 0.444. The van der Waals surface area contributed by atoms with Gasteiger partial charge in [-0.25, -0.2) is 4.98 Å². The van der Waals surface area contributed by atoms with Gasteiger partial charge in [-0.15, -0.1) is 0 Å². The average Bonchev–Trinajstić information content (AvgIpc) is 2.01. The third-order valence-corrected chi connectivity index (χ3v) is 2.10. The first kappa shape index (κ1) is 10.8. The molecule has 1 rings (SSSR count). The SMILES string of the molecule is CC(C)Oc1cc(Cl)nc(CBr)c1. The van der Waals surface area contributed by atoms with Crippen molar-refractivity contribution in [1.82, 2.24) is 4.98 Å². The molecule has 0 saturated heterocycles. The van der Waals surface area contributed by atoms with Gasteiger partial charge >= 0.3 is 0 Å². The maximum absolute atomic E-state index is 5.80. The number of halogens is 2. The summed E-state index contributed by atoms with van der Waals surface area (Å²) < 4.78 is 5.49. The minimum atomic E-state index is 0.154. The Balaban J connectivity index is 2.88.